The molecule has 3 aliphatic rings. The standard InChI is InChI=1S/C19H28N2S/c1-14(2)7-10-20-11-8-17-16(13-20)15-5-3-6-18-19(15)21(17)9-4-12-22-18/h3,5-6,14,16-17H,4,7-13H2,1-2H3/t16-,17-/m1/s1. The summed E-state index contributed by atoms with van der Waals surface area (Å²) < 4.78 is 0. The predicted octanol–water partition coefficient (Wildman–Crippen LogP) is 4.21. The Kier molecular flexibility index (Phi) is 4.12. The third-order valence-corrected chi connectivity index (χ3v) is 6.73. The Bertz CT molecular complexity index is 542. The molecule has 3 aliphatic heterocycles. The Morgan fingerprint density at radius 1 is 1.27 bits per heavy atom. The summed E-state index contributed by atoms with van der Waals surface area (Å²) in [7, 11) is 0. The molecule has 0 amide bonds. The summed E-state index contributed by atoms with van der Waals surface area (Å²) in [5.41, 5.74) is 3.25. The van der Waals surface area contributed by atoms with Gasteiger partial charge in [-0.25, -0.2) is 0 Å². The van der Waals surface area contributed by atoms with Crippen molar-refractivity contribution in [2.75, 3.05) is 36.8 Å². The maximum atomic E-state index is 2.77. The van der Waals surface area contributed by atoms with Crippen molar-refractivity contribution in [2.24, 2.45) is 5.92 Å². The molecule has 3 heterocycles. The number of anilines is 1. The van der Waals surface area contributed by atoms with Crippen molar-refractivity contribution < 1.29 is 0 Å². The van der Waals surface area contributed by atoms with Crippen LogP contribution in [0.15, 0.2) is 23.1 Å². The third-order valence-electron chi connectivity index (χ3n) is 5.60. The number of benzene rings is 1. The van der Waals surface area contributed by atoms with Crippen LogP contribution in [0.2, 0.25) is 0 Å². The van der Waals surface area contributed by atoms with Crippen molar-refractivity contribution in [1.29, 1.82) is 0 Å². The average molecular weight is 317 g/mol. The molecule has 0 bridgehead atoms. The molecule has 0 N–H and O–H groups in total. The van der Waals surface area contributed by atoms with Gasteiger partial charge in [0.1, 0.15) is 0 Å². The molecular formula is C19H28N2S. The van der Waals surface area contributed by atoms with Crippen molar-refractivity contribution in [2.45, 2.75) is 50.0 Å². The SMILES string of the molecule is CC(C)CCN1CC[C@@H]2[C@H](C1)c1cccc3c1N2CCCS3. The van der Waals surface area contributed by atoms with Crippen LogP contribution in [0.25, 0.3) is 0 Å². The fourth-order valence-electron chi connectivity index (χ4n) is 4.45. The van der Waals surface area contributed by atoms with Crippen molar-refractivity contribution in [3.8, 4) is 0 Å². The first kappa shape index (κ1) is 14.9. The van der Waals surface area contributed by atoms with Gasteiger partial charge in [-0.15, -0.1) is 11.8 Å². The molecule has 0 aliphatic carbocycles. The van der Waals surface area contributed by atoms with E-state index in [4.69, 9.17) is 0 Å². The zero-order valence-electron chi connectivity index (χ0n) is 13.9. The predicted molar refractivity (Wildman–Crippen MR) is 96.2 cm³/mol. The number of piperidine rings is 1. The summed E-state index contributed by atoms with van der Waals surface area (Å²) in [6.45, 7) is 9.80. The number of rotatable bonds is 3. The maximum absolute atomic E-state index is 2.77. The summed E-state index contributed by atoms with van der Waals surface area (Å²) in [4.78, 5) is 7.04. The van der Waals surface area contributed by atoms with Gasteiger partial charge in [-0.2, -0.15) is 0 Å². The Morgan fingerprint density at radius 3 is 3.05 bits per heavy atom. The molecule has 1 saturated heterocycles. The fourth-order valence-corrected chi connectivity index (χ4v) is 5.49. The molecule has 0 aromatic heterocycles. The van der Waals surface area contributed by atoms with E-state index >= 15 is 0 Å². The van der Waals surface area contributed by atoms with Crippen molar-refractivity contribution in [3.63, 3.8) is 0 Å². The lowest BCUT2D eigenvalue weighted by Gasteiger charge is -2.39. The van der Waals surface area contributed by atoms with Gasteiger partial charge in [0, 0.05) is 36.5 Å². The van der Waals surface area contributed by atoms with Gasteiger partial charge in [0.15, 0.2) is 0 Å². The van der Waals surface area contributed by atoms with Crippen LogP contribution in [0, 0.1) is 5.92 Å². The second-order valence-corrected chi connectivity index (χ2v) is 8.67. The highest BCUT2D eigenvalue weighted by Gasteiger charge is 2.43. The van der Waals surface area contributed by atoms with Crippen LogP contribution >= 0.6 is 11.8 Å². The summed E-state index contributed by atoms with van der Waals surface area (Å²) >= 11 is 2.07. The van der Waals surface area contributed by atoms with E-state index in [9.17, 15) is 0 Å². The highest BCUT2D eigenvalue weighted by atomic mass is 32.2. The van der Waals surface area contributed by atoms with E-state index in [1.54, 1.807) is 11.3 Å². The molecule has 3 heteroatoms. The van der Waals surface area contributed by atoms with Crippen molar-refractivity contribution in [3.05, 3.63) is 23.8 Å². The number of likely N-dealkylation sites (tertiary alicyclic amines) is 1. The third kappa shape index (κ3) is 2.56. The monoisotopic (exact) mass is 316 g/mol. The highest BCUT2D eigenvalue weighted by molar-refractivity contribution is 7.99. The Morgan fingerprint density at radius 2 is 2.18 bits per heavy atom. The lowest BCUT2D eigenvalue weighted by Crippen LogP contribution is -2.46. The Labute approximate surface area is 139 Å². The number of para-hydroxylation sites is 1. The molecule has 22 heavy (non-hydrogen) atoms. The second-order valence-electron chi connectivity index (χ2n) is 7.54. The minimum atomic E-state index is 0.745. The van der Waals surface area contributed by atoms with E-state index < -0.39 is 0 Å². The van der Waals surface area contributed by atoms with E-state index in [0.29, 0.717) is 0 Å². The van der Waals surface area contributed by atoms with Crippen LogP contribution in [0.4, 0.5) is 5.69 Å². The van der Waals surface area contributed by atoms with Crippen LogP contribution < -0.4 is 4.90 Å². The molecule has 0 unspecified atom stereocenters. The molecule has 2 nitrogen and oxygen atoms in total. The largest absolute Gasteiger partial charge is 0.367 e. The minimum absolute atomic E-state index is 0.745. The lowest BCUT2D eigenvalue weighted by molar-refractivity contribution is 0.185. The van der Waals surface area contributed by atoms with Gasteiger partial charge in [0.2, 0.25) is 0 Å². The topological polar surface area (TPSA) is 6.48 Å². The quantitative estimate of drug-likeness (QED) is 0.825. The number of thioether (sulfide) groups is 1. The van der Waals surface area contributed by atoms with Gasteiger partial charge in [-0.05, 0) is 49.1 Å². The zero-order chi connectivity index (χ0) is 15.1. The number of fused-ring (bicyclic) bond motifs is 3. The van der Waals surface area contributed by atoms with E-state index in [1.165, 1.54) is 56.1 Å². The van der Waals surface area contributed by atoms with Crippen LogP contribution in [-0.2, 0) is 0 Å². The summed E-state index contributed by atoms with van der Waals surface area (Å²) in [5.74, 6) is 2.85. The van der Waals surface area contributed by atoms with Crippen LogP contribution in [0.1, 0.15) is 44.6 Å². The zero-order valence-corrected chi connectivity index (χ0v) is 14.7. The van der Waals surface area contributed by atoms with Crippen molar-refractivity contribution >= 4 is 17.4 Å². The molecule has 0 saturated carbocycles. The van der Waals surface area contributed by atoms with Crippen LogP contribution in [0.5, 0.6) is 0 Å². The van der Waals surface area contributed by atoms with Crippen LogP contribution in [-0.4, -0.2) is 42.9 Å². The van der Waals surface area contributed by atoms with Crippen LogP contribution in [0.3, 0.4) is 0 Å². The summed E-state index contributed by atoms with van der Waals surface area (Å²) in [5, 5.41) is 0. The second kappa shape index (κ2) is 6.09. The normalized spacial score (nSPS) is 27.7. The Hall–Kier alpha value is -0.670. The molecular weight excluding hydrogens is 288 g/mol. The first-order chi connectivity index (χ1) is 10.7. The van der Waals surface area contributed by atoms with Gasteiger partial charge in [0.25, 0.3) is 0 Å². The minimum Gasteiger partial charge on any atom is -0.367 e. The molecule has 4 rings (SSSR count). The number of hydrogen-bond acceptors (Lipinski definition) is 3. The first-order valence-corrected chi connectivity index (χ1v) is 9.97. The van der Waals surface area contributed by atoms with Gasteiger partial charge in [-0.1, -0.05) is 26.0 Å². The number of nitrogens with zero attached hydrogens (tertiary/aromatic N) is 2. The molecule has 1 aromatic carbocycles. The summed E-state index contributed by atoms with van der Waals surface area (Å²) in [6, 6.07) is 7.81. The first-order valence-electron chi connectivity index (χ1n) is 8.98. The van der Waals surface area contributed by atoms with Gasteiger partial charge >= 0.3 is 0 Å². The summed E-state index contributed by atoms with van der Waals surface area (Å²) in [6.07, 6.45) is 4.02. The van der Waals surface area contributed by atoms with Gasteiger partial charge < -0.3 is 9.80 Å². The molecule has 0 radical (unpaired) electrons. The Balaban J connectivity index is 1.59. The number of hydrogen-bond donors (Lipinski definition) is 0. The maximum Gasteiger partial charge on any atom is 0.0543 e. The highest BCUT2D eigenvalue weighted by Crippen LogP contribution is 2.50. The average Bonchev–Trinajstić information content (AvgIpc) is 2.68. The van der Waals surface area contributed by atoms with E-state index in [-0.39, 0.29) is 0 Å². The molecule has 0 spiro atoms. The lowest BCUT2D eigenvalue weighted by atomic mass is 9.89. The van der Waals surface area contributed by atoms with Gasteiger partial charge in [-0.3, -0.25) is 0 Å². The molecule has 120 valence electrons. The molecule has 2 atom stereocenters. The van der Waals surface area contributed by atoms with E-state index in [1.807, 2.05) is 0 Å². The fraction of sp³-hybridized carbons (Fsp3) is 0.684. The van der Waals surface area contributed by atoms with Gasteiger partial charge in [0.05, 0.1) is 5.69 Å². The van der Waals surface area contributed by atoms with E-state index in [2.05, 4.69) is 53.6 Å². The van der Waals surface area contributed by atoms with Crippen molar-refractivity contribution in [1.82, 2.24) is 4.90 Å². The molecule has 1 fully saturated rings. The smallest absolute Gasteiger partial charge is 0.0543 e. The van der Waals surface area contributed by atoms with E-state index in [0.717, 1.165) is 17.9 Å². The molecule has 1 aromatic rings.